The van der Waals surface area contributed by atoms with Crippen molar-refractivity contribution in [3.05, 3.63) is 34.9 Å². The van der Waals surface area contributed by atoms with Crippen LogP contribution in [0, 0.1) is 5.92 Å². The van der Waals surface area contributed by atoms with Gasteiger partial charge >= 0.3 is 0 Å². The zero-order valence-corrected chi connectivity index (χ0v) is 8.71. The van der Waals surface area contributed by atoms with Gasteiger partial charge in [-0.15, -0.1) is 0 Å². The third-order valence-electron chi connectivity index (χ3n) is 2.63. The van der Waals surface area contributed by atoms with E-state index >= 15 is 0 Å². The van der Waals surface area contributed by atoms with E-state index in [0.29, 0.717) is 0 Å². The molecule has 1 aliphatic heterocycles. The summed E-state index contributed by atoms with van der Waals surface area (Å²) in [6.07, 6.45) is 0.836. The molecule has 2 nitrogen and oxygen atoms in total. The molecule has 3 heteroatoms. The van der Waals surface area contributed by atoms with Crippen LogP contribution in [0.5, 0.6) is 0 Å². The second kappa shape index (κ2) is 3.62. The van der Waals surface area contributed by atoms with Crippen LogP contribution in [0.15, 0.2) is 24.3 Å². The molecule has 74 valence electrons. The zero-order valence-electron chi connectivity index (χ0n) is 7.96. The van der Waals surface area contributed by atoms with Crippen molar-refractivity contribution in [1.29, 1.82) is 0 Å². The van der Waals surface area contributed by atoms with Gasteiger partial charge in [0, 0.05) is 10.9 Å². The van der Waals surface area contributed by atoms with Crippen LogP contribution in [0.2, 0.25) is 5.02 Å². The SMILES string of the molecule is C[C@H]1C[C@H](c2ccccc2Cl)NC1=O. The van der Waals surface area contributed by atoms with Crippen molar-refractivity contribution in [3.63, 3.8) is 0 Å². The van der Waals surface area contributed by atoms with E-state index in [1.165, 1.54) is 0 Å². The highest BCUT2D eigenvalue weighted by Crippen LogP contribution is 2.31. The van der Waals surface area contributed by atoms with Gasteiger partial charge in [0.2, 0.25) is 5.91 Å². The maximum Gasteiger partial charge on any atom is 0.223 e. The molecule has 1 N–H and O–H groups in total. The van der Waals surface area contributed by atoms with Crippen LogP contribution in [0.3, 0.4) is 0 Å². The highest BCUT2D eigenvalue weighted by Gasteiger charge is 2.30. The Morgan fingerprint density at radius 2 is 2.14 bits per heavy atom. The van der Waals surface area contributed by atoms with Gasteiger partial charge in [-0.2, -0.15) is 0 Å². The highest BCUT2D eigenvalue weighted by atomic mass is 35.5. The Morgan fingerprint density at radius 3 is 2.71 bits per heavy atom. The molecule has 1 aromatic carbocycles. The number of rotatable bonds is 1. The first-order chi connectivity index (χ1) is 6.68. The predicted octanol–water partition coefficient (Wildman–Crippen LogP) is 2.54. The number of benzene rings is 1. The van der Waals surface area contributed by atoms with E-state index in [9.17, 15) is 4.79 Å². The fourth-order valence-corrected chi connectivity index (χ4v) is 2.06. The van der Waals surface area contributed by atoms with Gasteiger partial charge in [-0.1, -0.05) is 36.7 Å². The van der Waals surface area contributed by atoms with E-state index in [-0.39, 0.29) is 17.9 Å². The quantitative estimate of drug-likeness (QED) is 0.757. The summed E-state index contributed by atoms with van der Waals surface area (Å²) in [5.41, 5.74) is 1.02. The van der Waals surface area contributed by atoms with Gasteiger partial charge < -0.3 is 5.32 Å². The first-order valence-electron chi connectivity index (χ1n) is 4.73. The summed E-state index contributed by atoms with van der Waals surface area (Å²) in [5, 5.41) is 3.67. The molecule has 1 amide bonds. The number of carbonyl (C=O) groups is 1. The van der Waals surface area contributed by atoms with Crippen LogP contribution in [-0.2, 0) is 4.79 Å². The normalized spacial score (nSPS) is 26.3. The van der Waals surface area contributed by atoms with Gasteiger partial charge in [-0.05, 0) is 18.1 Å². The Bertz CT molecular complexity index is 364. The monoisotopic (exact) mass is 209 g/mol. The van der Waals surface area contributed by atoms with Gasteiger partial charge in [-0.3, -0.25) is 4.79 Å². The maximum absolute atomic E-state index is 11.3. The Hall–Kier alpha value is -1.02. The molecule has 2 rings (SSSR count). The average Bonchev–Trinajstić information content (AvgIpc) is 2.48. The second-order valence-electron chi connectivity index (χ2n) is 3.72. The van der Waals surface area contributed by atoms with Gasteiger partial charge in [0.1, 0.15) is 0 Å². The minimum absolute atomic E-state index is 0.0891. The van der Waals surface area contributed by atoms with Gasteiger partial charge in [0.25, 0.3) is 0 Å². The van der Waals surface area contributed by atoms with Gasteiger partial charge in [0.15, 0.2) is 0 Å². The van der Waals surface area contributed by atoms with Gasteiger partial charge in [-0.25, -0.2) is 0 Å². The summed E-state index contributed by atoms with van der Waals surface area (Å²) in [6.45, 7) is 1.94. The molecule has 0 radical (unpaired) electrons. The number of halogens is 1. The number of nitrogens with one attached hydrogen (secondary N) is 1. The summed E-state index contributed by atoms with van der Waals surface area (Å²) in [6, 6.07) is 7.74. The third-order valence-corrected chi connectivity index (χ3v) is 2.98. The van der Waals surface area contributed by atoms with Crippen molar-refractivity contribution in [2.45, 2.75) is 19.4 Å². The number of amides is 1. The Morgan fingerprint density at radius 1 is 1.43 bits per heavy atom. The summed E-state index contributed by atoms with van der Waals surface area (Å²) in [5.74, 6) is 0.214. The molecule has 0 spiro atoms. The van der Waals surface area contributed by atoms with Crippen molar-refractivity contribution in [3.8, 4) is 0 Å². The molecule has 0 bridgehead atoms. The van der Waals surface area contributed by atoms with Crippen molar-refractivity contribution in [2.24, 2.45) is 5.92 Å². The smallest absolute Gasteiger partial charge is 0.223 e. The lowest BCUT2D eigenvalue weighted by Crippen LogP contribution is -2.20. The molecule has 1 saturated heterocycles. The number of carbonyl (C=O) groups excluding carboxylic acids is 1. The van der Waals surface area contributed by atoms with E-state index in [1.807, 2.05) is 31.2 Å². The maximum atomic E-state index is 11.3. The van der Waals surface area contributed by atoms with Crippen LogP contribution in [0.1, 0.15) is 24.9 Å². The van der Waals surface area contributed by atoms with E-state index < -0.39 is 0 Å². The molecule has 1 fully saturated rings. The average molecular weight is 210 g/mol. The summed E-state index contributed by atoms with van der Waals surface area (Å²) >= 11 is 6.05. The fraction of sp³-hybridized carbons (Fsp3) is 0.364. The van der Waals surface area contributed by atoms with Crippen molar-refractivity contribution in [1.82, 2.24) is 5.32 Å². The van der Waals surface area contributed by atoms with Crippen LogP contribution in [0.25, 0.3) is 0 Å². The van der Waals surface area contributed by atoms with Crippen molar-refractivity contribution in [2.75, 3.05) is 0 Å². The van der Waals surface area contributed by atoms with E-state index in [2.05, 4.69) is 5.32 Å². The minimum atomic E-state index is 0.0891. The number of hydrogen-bond donors (Lipinski definition) is 1. The molecule has 1 aliphatic rings. The molecule has 0 aliphatic carbocycles. The lowest BCUT2D eigenvalue weighted by Gasteiger charge is -2.11. The molecular formula is C11H12ClNO. The summed E-state index contributed by atoms with van der Waals surface area (Å²) < 4.78 is 0. The zero-order chi connectivity index (χ0) is 10.1. The second-order valence-corrected chi connectivity index (χ2v) is 4.13. The van der Waals surface area contributed by atoms with Crippen LogP contribution < -0.4 is 5.32 Å². The molecule has 0 saturated carbocycles. The summed E-state index contributed by atoms with van der Waals surface area (Å²) in [7, 11) is 0. The lowest BCUT2D eigenvalue weighted by atomic mass is 10.0. The molecule has 0 unspecified atom stereocenters. The Balaban J connectivity index is 2.25. The van der Waals surface area contributed by atoms with Crippen molar-refractivity contribution < 1.29 is 4.79 Å². The van der Waals surface area contributed by atoms with E-state index in [0.717, 1.165) is 17.0 Å². The van der Waals surface area contributed by atoms with Crippen LogP contribution in [-0.4, -0.2) is 5.91 Å². The van der Waals surface area contributed by atoms with Crippen LogP contribution in [0.4, 0.5) is 0 Å². The largest absolute Gasteiger partial charge is 0.349 e. The molecule has 2 atom stereocenters. The van der Waals surface area contributed by atoms with E-state index in [1.54, 1.807) is 0 Å². The molecule has 14 heavy (non-hydrogen) atoms. The van der Waals surface area contributed by atoms with Crippen molar-refractivity contribution >= 4 is 17.5 Å². The topological polar surface area (TPSA) is 29.1 Å². The molecule has 0 aromatic heterocycles. The Kier molecular flexibility index (Phi) is 2.46. The third kappa shape index (κ3) is 1.62. The standard InChI is InChI=1S/C11H12ClNO/c1-7-6-10(13-11(7)14)8-4-2-3-5-9(8)12/h2-5,7,10H,6H2,1H3,(H,13,14)/t7-,10+/m0/s1. The summed E-state index contributed by atoms with van der Waals surface area (Å²) in [4.78, 5) is 11.3. The van der Waals surface area contributed by atoms with Gasteiger partial charge in [0.05, 0.1) is 6.04 Å². The fourth-order valence-electron chi connectivity index (χ4n) is 1.80. The molecule has 1 aromatic rings. The highest BCUT2D eigenvalue weighted by molar-refractivity contribution is 6.31. The van der Waals surface area contributed by atoms with Crippen LogP contribution >= 0.6 is 11.6 Å². The number of hydrogen-bond acceptors (Lipinski definition) is 1. The first kappa shape index (κ1) is 9.53. The first-order valence-corrected chi connectivity index (χ1v) is 5.11. The molecule has 1 heterocycles. The van der Waals surface area contributed by atoms with E-state index in [4.69, 9.17) is 11.6 Å². The predicted molar refractivity (Wildman–Crippen MR) is 56.1 cm³/mol. The minimum Gasteiger partial charge on any atom is -0.349 e. The lowest BCUT2D eigenvalue weighted by molar-refractivity contribution is -0.122. The molecular weight excluding hydrogens is 198 g/mol. The Labute approximate surface area is 88.3 Å².